The average Bonchev–Trinajstić information content (AvgIpc) is 1.76. The second-order valence-corrected chi connectivity index (χ2v) is 1.39. The molecule has 0 unspecified atom stereocenters. The van der Waals surface area contributed by atoms with E-state index in [2.05, 4.69) is 0 Å². The Morgan fingerprint density at radius 2 is 0.333 bits per heavy atom. The van der Waals surface area contributed by atoms with E-state index in [1.54, 1.807) is 0 Å². The maximum atomic E-state index is 7.17. The first kappa shape index (κ1) is 36.6. The van der Waals surface area contributed by atoms with Crippen molar-refractivity contribution in [1.82, 2.24) is 0 Å². The topological polar surface area (TPSA) is 243 Å². The first-order chi connectivity index (χ1) is 6.93. The molecule has 0 bridgehead atoms. The summed E-state index contributed by atoms with van der Waals surface area (Å²) in [6, 6.07) is 0. The molecule has 0 heterocycles. The molecule has 0 aromatic heterocycles. The largest absolute Gasteiger partial charge is 0.631 e. The summed E-state index contributed by atoms with van der Waals surface area (Å²) in [6.45, 7) is 0. The normalized spacial score (nSPS) is 6.00. The Hall–Kier alpha value is 1.42. The number of hydrogen-bond acceptors (Lipinski definition) is 12. The molecular weight excluding hydrogens is 351 g/mol. The molecule has 0 aliphatic rings. The van der Waals surface area contributed by atoms with Crippen LogP contribution in [0.25, 0.3) is 0 Å². The van der Waals surface area contributed by atoms with Gasteiger partial charge < -0.3 is 60.3 Å². The van der Waals surface area contributed by atoms with Crippen LogP contribution in [0.2, 0.25) is 0 Å². The van der Waals surface area contributed by atoms with Crippen molar-refractivity contribution >= 4 is 46.6 Å². The van der Waals surface area contributed by atoms with Gasteiger partial charge in [-0.25, -0.2) is 0 Å². The van der Waals surface area contributed by atoms with E-state index < -0.39 is 29.3 Å². The van der Waals surface area contributed by atoms with E-state index in [4.69, 9.17) is 60.3 Å². The molecule has 12 N–H and O–H groups in total. The average molecular weight is 366 g/mol. The fraction of sp³-hybridized carbons (Fsp3) is 0. The van der Waals surface area contributed by atoms with Crippen molar-refractivity contribution < 1.29 is 93.0 Å². The van der Waals surface area contributed by atoms with Crippen LogP contribution >= 0.6 is 0 Å². The maximum absolute atomic E-state index is 7.17. The summed E-state index contributed by atoms with van der Waals surface area (Å²) in [4.78, 5) is 0. The molecule has 12 nitrogen and oxygen atoms in total. The van der Waals surface area contributed by atoms with Gasteiger partial charge >= 0.3 is 29.3 Å². The van der Waals surface area contributed by atoms with Crippen molar-refractivity contribution in [2.75, 3.05) is 0 Å². The minimum Gasteiger partial charge on any atom is -0.402 e. The van der Waals surface area contributed by atoms with Crippen molar-refractivity contribution in [1.29, 1.82) is 0 Å². The van der Waals surface area contributed by atoms with E-state index in [1.165, 1.54) is 0 Å². The van der Waals surface area contributed by atoms with Crippen LogP contribution in [0.15, 0.2) is 0 Å². The van der Waals surface area contributed by atoms with Gasteiger partial charge in [-0.15, -0.1) is 0 Å². The van der Waals surface area contributed by atoms with Gasteiger partial charge in [-0.1, -0.05) is 0 Å². The molecule has 0 saturated carbocycles. The van der Waals surface area contributed by atoms with Crippen LogP contribution in [-0.2, 0) is 32.7 Å². The SMILES string of the molecule is OB(O)O.OB(O)O.OB(O)O.OB(O)O.[AlH3].[Y]. The predicted octanol–water partition coefficient (Wildman–Crippen LogP) is -9.39. The molecule has 0 fully saturated rings. The maximum Gasteiger partial charge on any atom is 0.631 e. The zero-order chi connectivity index (χ0) is 14.3. The zero-order valence-corrected chi connectivity index (χ0v) is 11.1. The smallest absolute Gasteiger partial charge is 0.402 e. The summed E-state index contributed by atoms with van der Waals surface area (Å²) in [5.41, 5.74) is 0. The van der Waals surface area contributed by atoms with Gasteiger partial charge in [0.05, 0.1) is 0 Å². The Morgan fingerprint density at radius 1 is 0.333 bits per heavy atom. The van der Waals surface area contributed by atoms with Gasteiger partial charge in [0.15, 0.2) is 17.4 Å². The van der Waals surface area contributed by atoms with Gasteiger partial charge in [0, 0.05) is 32.7 Å². The van der Waals surface area contributed by atoms with E-state index >= 15 is 0 Å². The van der Waals surface area contributed by atoms with Crippen molar-refractivity contribution in [3.05, 3.63) is 0 Å². The van der Waals surface area contributed by atoms with Crippen LogP contribution in [0.4, 0.5) is 0 Å². The van der Waals surface area contributed by atoms with Crippen molar-refractivity contribution in [3.8, 4) is 0 Å². The summed E-state index contributed by atoms with van der Waals surface area (Å²) in [5.74, 6) is 0. The van der Waals surface area contributed by atoms with Crippen LogP contribution in [0, 0.1) is 0 Å². The Bertz CT molecular complexity index is 67.1. The Kier molecular flexibility index (Phi) is 63.1. The molecule has 0 aromatic carbocycles. The van der Waals surface area contributed by atoms with E-state index in [1.807, 2.05) is 0 Å². The van der Waals surface area contributed by atoms with Crippen LogP contribution in [0.3, 0.4) is 0 Å². The Labute approximate surface area is 139 Å². The van der Waals surface area contributed by atoms with Crippen LogP contribution in [0.1, 0.15) is 0 Å². The quantitative estimate of drug-likeness (QED) is 0.179. The fourth-order valence-electron chi connectivity index (χ4n) is 0. The summed E-state index contributed by atoms with van der Waals surface area (Å²) < 4.78 is 0. The van der Waals surface area contributed by atoms with Crippen molar-refractivity contribution in [2.45, 2.75) is 0 Å². The molecule has 0 aromatic rings. The molecule has 18 heteroatoms. The molecule has 0 atom stereocenters. The third-order valence-corrected chi connectivity index (χ3v) is 0. The third kappa shape index (κ3) is 2340. The van der Waals surface area contributed by atoms with Gasteiger partial charge in [0.25, 0.3) is 0 Å². The van der Waals surface area contributed by atoms with Gasteiger partial charge in [-0.05, 0) is 0 Å². The fourth-order valence-corrected chi connectivity index (χ4v) is 0. The van der Waals surface area contributed by atoms with Gasteiger partial charge in [-0.2, -0.15) is 0 Å². The Morgan fingerprint density at radius 3 is 0.333 bits per heavy atom. The van der Waals surface area contributed by atoms with E-state index in [-0.39, 0.29) is 50.1 Å². The summed E-state index contributed by atoms with van der Waals surface area (Å²) in [6.07, 6.45) is 0. The second kappa shape index (κ2) is 31.0. The van der Waals surface area contributed by atoms with Crippen LogP contribution < -0.4 is 0 Å². The Balaban J connectivity index is -0.0000000257. The van der Waals surface area contributed by atoms with Gasteiger partial charge in [-0.3, -0.25) is 0 Å². The van der Waals surface area contributed by atoms with Crippen LogP contribution in [-0.4, -0.2) is 107 Å². The summed E-state index contributed by atoms with van der Waals surface area (Å²) >= 11 is 0. The van der Waals surface area contributed by atoms with E-state index in [9.17, 15) is 0 Å². The molecule has 0 saturated heterocycles. The van der Waals surface area contributed by atoms with Gasteiger partial charge in [0.2, 0.25) is 0 Å². The molecule has 1 radical (unpaired) electrons. The predicted molar refractivity (Wildman–Crippen MR) is 59.6 cm³/mol. The molecule has 18 heavy (non-hydrogen) atoms. The summed E-state index contributed by atoms with van der Waals surface area (Å²) in [5, 5.41) is 86.0. The molecular formula is H15AlB4O12Y. The molecule has 0 spiro atoms. The van der Waals surface area contributed by atoms with E-state index in [0.717, 1.165) is 0 Å². The molecule has 0 aliphatic heterocycles. The zero-order valence-electron chi connectivity index (χ0n) is 8.25. The second-order valence-electron chi connectivity index (χ2n) is 1.39. The van der Waals surface area contributed by atoms with E-state index in [0.29, 0.717) is 0 Å². The minimum atomic E-state index is -2.17. The molecule has 105 valence electrons. The third-order valence-electron chi connectivity index (χ3n) is 0. The first-order valence-corrected chi connectivity index (χ1v) is 3.10. The number of hydrogen-bond donors (Lipinski definition) is 12. The minimum absolute atomic E-state index is 0. The summed E-state index contributed by atoms with van der Waals surface area (Å²) in [7, 11) is -8.67. The molecule has 0 aliphatic carbocycles. The standard InChI is InChI=1S/Al.4BH3O3.Y.3H/c;4*2-1(3)4;;;;/h;4*2-4H;;;;. The first-order valence-electron chi connectivity index (χ1n) is 3.10. The van der Waals surface area contributed by atoms with Gasteiger partial charge in [0.1, 0.15) is 0 Å². The molecule has 0 amide bonds. The number of rotatable bonds is 0. The van der Waals surface area contributed by atoms with Crippen molar-refractivity contribution in [3.63, 3.8) is 0 Å². The van der Waals surface area contributed by atoms with Crippen LogP contribution in [0.5, 0.6) is 0 Å². The van der Waals surface area contributed by atoms with Crippen molar-refractivity contribution in [2.24, 2.45) is 0 Å². The monoisotopic (exact) mass is 367 g/mol. The molecule has 0 rings (SSSR count).